The van der Waals surface area contributed by atoms with Crippen molar-refractivity contribution in [2.24, 2.45) is 5.92 Å². The fraction of sp³-hybridized carbons (Fsp3) is 0.300. The van der Waals surface area contributed by atoms with Gasteiger partial charge < -0.3 is 5.11 Å². The van der Waals surface area contributed by atoms with Crippen molar-refractivity contribution in [1.82, 2.24) is 0 Å². The van der Waals surface area contributed by atoms with Crippen molar-refractivity contribution in [3.63, 3.8) is 0 Å². The van der Waals surface area contributed by atoms with Crippen molar-refractivity contribution >= 4 is 29.3 Å². The van der Waals surface area contributed by atoms with Gasteiger partial charge in [-0.1, -0.05) is 73.5 Å². The molecule has 0 aromatic heterocycles. The molecule has 3 heteroatoms. The van der Waals surface area contributed by atoms with Crippen molar-refractivity contribution in [3.8, 4) is 0 Å². The first-order valence-electron chi connectivity index (χ1n) is 7.83. The van der Waals surface area contributed by atoms with E-state index in [2.05, 4.69) is 18.2 Å². The molecule has 2 aromatic rings. The second-order valence-corrected chi connectivity index (χ2v) is 6.99. The second kappa shape index (κ2) is 8.54. The third kappa shape index (κ3) is 5.69. The highest BCUT2D eigenvalue weighted by Crippen LogP contribution is 2.28. The summed E-state index contributed by atoms with van der Waals surface area (Å²) >= 11 is 12.0. The van der Waals surface area contributed by atoms with Crippen LogP contribution < -0.4 is 0 Å². The summed E-state index contributed by atoms with van der Waals surface area (Å²) in [5.41, 5.74) is 2.20. The Bertz CT molecular complexity index is 647. The Kier molecular flexibility index (Phi) is 6.71. The van der Waals surface area contributed by atoms with Crippen molar-refractivity contribution in [2.45, 2.75) is 32.3 Å². The van der Waals surface area contributed by atoms with Crippen LogP contribution in [0.15, 0.2) is 54.6 Å². The van der Waals surface area contributed by atoms with Gasteiger partial charge in [0.2, 0.25) is 0 Å². The van der Waals surface area contributed by atoms with E-state index in [9.17, 15) is 5.11 Å². The molecule has 0 spiro atoms. The molecule has 0 amide bonds. The lowest BCUT2D eigenvalue weighted by Gasteiger charge is -2.20. The number of hydrogen-bond donors (Lipinski definition) is 1. The predicted molar refractivity (Wildman–Crippen MR) is 100 cm³/mol. The van der Waals surface area contributed by atoms with E-state index in [1.54, 1.807) is 0 Å². The van der Waals surface area contributed by atoms with Crippen LogP contribution in [0.1, 0.15) is 37.3 Å². The predicted octanol–water partition coefficient (Wildman–Crippen LogP) is 6.20. The van der Waals surface area contributed by atoms with E-state index in [0.717, 1.165) is 16.1 Å². The summed E-state index contributed by atoms with van der Waals surface area (Å²) in [6.07, 6.45) is 4.51. The molecule has 1 N–H and O–H groups in total. The van der Waals surface area contributed by atoms with Crippen molar-refractivity contribution < 1.29 is 5.11 Å². The van der Waals surface area contributed by atoms with E-state index in [-0.39, 0.29) is 17.9 Å². The smallest absolute Gasteiger partial charge is 0.0572 e. The van der Waals surface area contributed by atoms with Crippen LogP contribution in [0.4, 0.5) is 0 Å². The van der Waals surface area contributed by atoms with Crippen LogP contribution >= 0.6 is 23.2 Å². The van der Waals surface area contributed by atoms with Crippen LogP contribution in [0.3, 0.4) is 0 Å². The molecule has 2 atom stereocenters. The standard InChI is InChI=1S/C20H22Cl2O/c1-14(2)20(23)13-17(16-4-3-5-19(22)12-16)9-6-15-7-10-18(21)11-8-15/h3-12,14,17,20,23H,13H2,1-2H3/b9-6+/t17-,20-/m0/s1. The highest BCUT2D eigenvalue weighted by Gasteiger charge is 2.17. The molecule has 0 heterocycles. The Labute approximate surface area is 148 Å². The van der Waals surface area contributed by atoms with E-state index >= 15 is 0 Å². The number of hydrogen-bond acceptors (Lipinski definition) is 1. The molecule has 2 aromatic carbocycles. The topological polar surface area (TPSA) is 20.2 Å². The fourth-order valence-electron chi connectivity index (χ4n) is 2.40. The molecule has 0 aliphatic heterocycles. The maximum Gasteiger partial charge on any atom is 0.0572 e. The highest BCUT2D eigenvalue weighted by atomic mass is 35.5. The number of aliphatic hydroxyl groups is 1. The van der Waals surface area contributed by atoms with Gasteiger partial charge in [0.15, 0.2) is 0 Å². The summed E-state index contributed by atoms with van der Waals surface area (Å²) < 4.78 is 0. The van der Waals surface area contributed by atoms with Crippen LogP contribution in [-0.4, -0.2) is 11.2 Å². The van der Waals surface area contributed by atoms with Gasteiger partial charge in [-0.05, 0) is 47.7 Å². The molecule has 0 aliphatic carbocycles. The fourth-order valence-corrected chi connectivity index (χ4v) is 2.72. The van der Waals surface area contributed by atoms with Crippen LogP contribution in [0, 0.1) is 5.92 Å². The summed E-state index contributed by atoms with van der Waals surface area (Å²) in [5.74, 6) is 0.336. The molecule has 0 aliphatic rings. The lowest BCUT2D eigenvalue weighted by molar-refractivity contribution is 0.112. The first-order chi connectivity index (χ1) is 11.0. The summed E-state index contributed by atoms with van der Waals surface area (Å²) in [6.45, 7) is 4.06. The third-order valence-electron chi connectivity index (χ3n) is 3.93. The van der Waals surface area contributed by atoms with Gasteiger partial charge in [-0.3, -0.25) is 0 Å². The van der Waals surface area contributed by atoms with Crippen LogP contribution in [-0.2, 0) is 0 Å². The van der Waals surface area contributed by atoms with Crippen LogP contribution in [0.25, 0.3) is 6.08 Å². The Morgan fingerprint density at radius 2 is 1.70 bits per heavy atom. The number of benzene rings is 2. The van der Waals surface area contributed by atoms with Gasteiger partial charge in [-0.2, -0.15) is 0 Å². The Morgan fingerprint density at radius 1 is 1.00 bits per heavy atom. The van der Waals surface area contributed by atoms with Gasteiger partial charge in [0.05, 0.1) is 6.10 Å². The van der Waals surface area contributed by atoms with Gasteiger partial charge >= 0.3 is 0 Å². The quantitative estimate of drug-likeness (QED) is 0.658. The zero-order valence-electron chi connectivity index (χ0n) is 13.4. The lowest BCUT2D eigenvalue weighted by Crippen LogP contribution is -2.17. The molecule has 0 unspecified atom stereocenters. The van der Waals surface area contributed by atoms with Crippen LogP contribution in [0.2, 0.25) is 10.0 Å². The molecule has 0 bridgehead atoms. The summed E-state index contributed by atoms with van der Waals surface area (Å²) in [6, 6.07) is 15.5. The molecule has 2 rings (SSSR count). The molecular formula is C20H22Cl2O. The lowest BCUT2D eigenvalue weighted by atomic mass is 9.89. The van der Waals surface area contributed by atoms with Crippen molar-refractivity contribution in [1.29, 1.82) is 0 Å². The number of rotatable bonds is 6. The first kappa shape index (κ1) is 18.1. The van der Waals surface area contributed by atoms with Crippen LogP contribution in [0.5, 0.6) is 0 Å². The number of allylic oxidation sites excluding steroid dienone is 1. The maximum absolute atomic E-state index is 10.3. The molecular weight excluding hydrogens is 327 g/mol. The Hall–Kier alpha value is -1.28. The zero-order chi connectivity index (χ0) is 16.8. The summed E-state index contributed by atoms with van der Waals surface area (Å²) in [4.78, 5) is 0. The molecule has 0 saturated carbocycles. The van der Waals surface area contributed by atoms with E-state index in [4.69, 9.17) is 23.2 Å². The normalized spacial score (nSPS) is 14.3. The van der Waals surface area contributed by atoms with E-state index in [1.807, 2.05) is 56.3 Å². The van der Waals surface area contributed by atoms with E-state index < -0.39 is 0 Å². The minimum atomic E-state index is -0.353. The summed E-state index contributed by atoms with van der Waals surface area (Å²) in [7, 11) is 0. The van der Waals surface area contributed by atoms with Gasteiger partial charge in [0.25, 0.3) is 0 Å². The molecule has 23 heavy (non-hydrogen) atoms. The molecule has 122 valence electrons. The summed E-state index contributed by atoms with van der Waals surface area (Å²) in [5, 5.41) is 11.7. The van der Waals surface area contributed by atoms with Gasteiger partial charge in [-0.25, -0.2) is 0 Å². The van der Waals surface area contributed by atoms with Gasteiger partial charge in [0.1, 0.15) is 0 Å². The first-order valence-corrected chi connectivity index (χ1v) is 8.58. The van der Waals surface area contributed by atoms with E-state index in [0.29, 0.717) is 11.4 Å². The highest BCUT2D eigenvalue weighted by molar-refractivity contribution is 6.30. The number of halogens is 2. The molecule has 0 radical (unpaired) electrons. The average molecular weight is 349 g/mol. The largest absolute Gasteiger partial charge is 0.393 e. The molecule has 1 nitrogen and oxygen atoms in total. The Balaban J connectivity index is 2.23. The van der Waals surface area contributed by atoms with Crippen molar-refractivity contribution in [3.05, 3.63) is 75.8 Å². The maximum atomic E-state index is 10.3. The van der Waals surface area contributed by atoms with Gasteiger partial charge in [-0.15, -0.1) is 0 Å². The molecule has 0 fully saturated rings. The molecule has 0 saturated heterocycles. The van der Waals surface area contributed by atoms with E-state index in [1.165, 1.54) is 0 Å². The minimum Gasteiger partial charge on any atom is -0.393 e. The second-order valence-electron chi connectivity index (χ2n) is 6.12. The Morgan fingerprint density at radius 3 is 2.30 bits per heavy atom. The monoisotopic (exact) mass is 348 g/mol. The van der Waals surface area contributed by atoms with Crippen molar-refractivity contribution in [2.75, 3.05) is 0 Å². The zero-order valence-corrected chi connectivity index (χ0v) is 14.9. The SMILES string of the molecule is CC(C)[C@@H](O)C[C@H](/C=C/c1ccc(Cl)cc1)c1cccc(Cl)c1. The number of aliphatic hydroxyl groups excluding tert-OH is 1. The third-order valence-corrected chi connectivity index (χ3v) is 4.42. The minimum absolute atomic E-state index is 0.113. The average Bonchev–Trinajstić information content (AvgIpc) is 2.52. The van der Waals surface area contributed by atoms with Gasteiger partial charge in [0, 0.05) is 16.0 Å².